The lowest BCUT2D eigenvalue weighted by atomic mass is 9.86. The van der Waals surface area contributed by atoms with Gasteiger partial charge in [-0.25, -0.2) is 4.98 Å². The molecule has 0 spiro atoms. The van der Waals surface area contributed by atoms with Crippen molar-refractivity contribution in [2.24, 2.45) is 5.92 Å². The van der Waals surface area contributed by atoms with E-state index in [0.29, 0.717) is 24.2 Å². The van der Waals surface area contributed by atoms with Crippen LogP contribution in [0.1, 0.15) is 36.9 Å². The fraction of sp³-hybridized carbons (Fsp3) is 0.500. The van der Waals surface area contributed by atoms with Crippen LogP contribution in [0.25, 0.3) is 0 Å². The number of carbonyl (C=O) groups is 1. The molecule has 1 aliphatic rings. The summed E-state index contributed by atoms with van der Waals surface area (Å²) in [7, 11) is 0. The molecule has 100 valence electrons. The Morgan fingerprint density at radius 3 is 2.68 bits per heavy atom. The smallest absolute Gasteiger partial charge is 0.306 e. The van der Waals surface area contributed by atoms with Crippen LogP contribution in [-0.4, -0.2) is 22.1 Å². The van der Waals surface area contributed by atoms with E-state index >= 15 is 0 Å². The maximum absolute atomic E-state index is 10.9. The summed E-state index contributed by atoms with van der Waals surface area (Å²) in [5, 5.41) is 21.3. The van der Waals surface area contributed by atoms with E-state index in [-0.39, 0.29) is 12.0 Å². The van der Waals surface area contributed by atoms with Crippen LogP contribution in [0.2, 0.25) is 0 Å². The molecule has 5 nitrogen and oxygen atoms in total. The Hall–Kier alpha value is -2.09. The second-order valence-electron chi connectivity index (χ2n) is 4.99. The average molecular weight is 259 g/mol. The van der Waals surface area contributed by atoms with E-state index < -0.39 is 5.97 Å². The van der Waals surface area contributed by atoms with E-state index in [0.717, 1.165) is 18.5 Å². The van der Waals surface area contributed by atoms with E-state index in [2.05, 4.69) is 16.4 Å². The molecule has 1 aromatic rings. The fourth-order valence-corrected chi connectivity index (χ4v) is 2.44. The Morgan fingerprint density at radius 1 is 1.42 bits per heavy atom. The number of nitriles is 1. The van der Waals surface area contributed by atoms with Crippen molar-refractivity contribution >= 4 is 11.8 Å². The van der Waals surface area contributed by atoms with Gasteiger partial charge in [-0.2, -0.15) is 5.26 Å². The van der Waals surface area contributed by atoms with Crippen molar-refractivity contribution in [1.29, 1.82) is 5.26 Å². The highest BCUT2D eigenvalue weighted by Gasteiger charge is 2.26. The van der Waals surface area contributed by atoms with Gasteiger partial charge in [-0.05, 0) is 44.7 Å². The summed E-state index contributed by atoms with van der Waals surface area (Å²) in [6.45, 7) is 1.88. The number of nitrogens with zero attached hydrogens (tertiary/aromatic N) is 2. The highest BCUT2D eigenvalue weighted by molar-refractivity contribution is 5.70. The van der Waals surface area contributed by atoms with Crippen molar-refractivity contribution in [3.8, 4) is 6.07 Å². The zero-order valence-electron chi connectivity index (χ0n) is 10.9. The average Bonchev–Trinajstić information content (AvgIpc) is 2.39. The van der Waals surface area contributed by atoms with Crippen molar-refractivity contribution in [2.45, 2.75) is 38.6 Å². The first-order valence-corrected chi connectivity index (χ1v) is 6.47. The summed E-state index contributed by atoms with van der Waals surface area (Å²) >= 11 is 0. The first kappa shape index (κ1) is 13.3. The summed E-state index contributed by atoms with van der Waals surface area (Å²) < 4.78 is 0. The zero-order chi connectivity index (χ0) is 13.8. The second kappa shape index (κ2) is 5.70. The van der Waals surface area contributed by atoms with Gasteiger partial charge in [0.15, 0.2) is 0 Å². The van der Waals surface area contributed by atoms with Gasteiger partial charge in [0.25, 0.3) is 0 Å². The molecule has 1 aliphatic carbocycles. The second-order valence-corrected chi connectivity index (χ2v) is 4.99. The minimum atomic E-state index is -0.704. The van der Waals surface area contributed by atoms with Crippen LogP contribution in [0, 0.1) is 24.2 Å². The number of pyridine rings is 1. The topological polar surface area (TPSA) is 86.0 Å². The van der Waals surface area contributed by atoms with Gasteiger partial charge < -0.3 is 10.4 Å². The van der Waals surface area contributed by atoms with Crippen molar-refractivity contribution in [1.82, 2.24) is 4.98 Å². The summed E-state index contributed by atoms with van der Waals surface area (Å²) in [6.07, 6.45) is 2.97. The number of nitrogens with one attached hydrogen (secondary N) is 1. The summed E-state index contributed by atoms with van der Waals surface area (Å²) in [5.41, 5.74) is 1.40. The summed E-state index contributed by atoms with van der Waals surface area (Å²) in [5.74, 6) is -0.315. The van der Waals surface area contributed by atoms with Crippen molar-refractivity contribution in [2.75, 3.05) is 5.32 Å². The van der Waals surface area contributed by atoms with E-state index in [1.54, 1.807) is 6.07 Å². The van der Waals surface area contributed by atoms with Crippen LogP contribution in [0.3, 0.4) is 0 Å². The van der Waals surface area contributed by atoms with Gasteiger partial charge in [0.05, 0.1) is 11.5 Å². The summed E-state index contributed by atoms with van der Waals surface area (Å²) in [4.78, 5) is 15.2. The Morgan fingerprint density at radius 2 is 2.11 bits per heavy atom. The van der Waals surface area contributed by atoms with E-state index in [9.17, 15) is 4.79 Å². The molecule has 0 aromatic carbocycles. The monoisotopic (exact) mass is 259 g/mol. The largest absolute Gasteiger partial charge is 0.481 e. The maximum Gasteiger partial charge on any atom is 0.306 e. The first-order valence-electron chi connectivity index (χ1n) is 6.47. The summed E-state index contributed by atoms with van der Waals surface area (Å²) in [6, 6.07) is 5.89. The lowest BCUT2D eigenvalue weighted by Crippen LogP contribution is -2.29. The van der Waals surface area contributed by atoms with E-state index in [1.165, 1.54) is 0 Å². The van der Waals surface area contributed by atoms with Crippen LogP contribution >= 0.6 is 0 Å². The van der Waals surface area contributed by atoms with Gasteiger partial charge in [-0.15, -0.1) is 0 Å². The Bertz CT molecular complexity index is 514. The molecule has 0 radical (unpaired) electrons. The number of carboxylic acid groups (broad SMARTS) is 1. The van der Waals surface area contributed by atoms with Gasteiger partial charge in [-0.1, -0.05) is 0 Å². The number of aromatic nitrogens is 1. The van der Waals surface area contributed by atoms with Crippen LogP contribution in [0.5, 0.6) is 0 Å². The minimum Gasteiger partial charge on any atom is -0.481 e. The van der Waals surface area contributed by atoms with Gasteiger partial charge in [0.2, 0.25) is 0 Å². The van der Waals surface area contributed by atoms with Crippen LogP contribution in [0.15, 0.2) is 12.1 Å². The van der Waals surface area contributed by atoms with Gasteiger partial charge in [-0.3, -0.25) is 4.79 Å². The van der Waals surface area contributed by atoms with Crippen LogP contribution in [-0.2, 0) is 4.79 Å². The van der Waals surface area contributed by atoms with Crippen molar-refractivity contribution in [3.05, 3.63) is 23.4 Å². The molecule has 19 heavy (non-hydrogen) atoms. The normalized spacial score (nSPS) is 22.5. The number of aliphatic carboxylic acids is 1. The quantitative estimate of drug-likeness (QED) is 0.870. The van der Waals surface area contributed by atoms with Gasteiger partial charge >= 0.3 is 5.97 Å². The highest BCUT2D eigenvalue weighted by Crippen LogP contribution is 2.27. The van der Waals surface area contributed by atoms with Gasteiger partial charge in [0.1, 0.15) is 11.9 Å². The Balaban J connectivity index is 2.01. The third-order valence-corrected chi connectivity index (χ3v) is 3.57. The predicted molar refractivity (Wildman–Crippen MR) is 70.7 cm³/mol. The van der Waals surface area contributed by atoms with Gasteiger partial charge in [0, 0.05) is 11.7 Å². The van der Waals surface area contributed by atoms with E-state index in [1.807, 2.05) is 13.0 Å². The van der Waals surface area contributed by atoms with Crippen molar-refractivity contribution < 1.29 is 9.90 Å². The molecular formula is C14H17N3O2. The molecule has 1 fully saturated rings. The maximum atomic E-state index is 10.9. The molecule has 1 heterocycles. The van der Waals surface area contributed by atoms with Crippen molar-refractivity contribution in [3.63, 3.8) is 0 Å². The molecule has 2 rings (SSSR count). The Kier molecular flexibility index (Phi) is 4.00. The molecule has 0 bridgehead atoms. The number of hydrogen-bond acceptors (Lipinski definition) is 4. The fourth-order valence-electron chi connectivity index (χ4n) is 2.44. The number of hydrogen-bond donors (Lipinski definition) is 2. The standard InChI is InChI=1S/C14H17N3O2/c1-9-2-3-11(8-15)13(16-9)17-12-6-4-10(5-7-12)14(18)19/h2-3,10,12H,4-7H2,1H3,(H,16,17)(H,18,19). The molecule has 0 saturated heterocycles. The predicted octanol–water partition coefficient (Wildman–Crippen LogP) is 2.32. The molecular weight excluding hydrogens is 242 g/mol. The Labute approximate surface area is 112 Å². The number of anilines is 1. The molecule has 1 aromatic heterocycles. The molecule has 5 heteroatoms. The van der Waals surface area contributed by atoms with E-state index in [4.69, 9.17) is 10.4 Å². The molecule has 1 saturated carbocycles. The van der Waals surface area contributed by atoms with Crippen LogP contribution < -0.4 is 5.32 Å². The zero-order valence-corrected chi connectivity index (χ0v) is 10.9. The molecule has 2 N–H and O–H groups in total. The molecule has 0 unspecified atom stereocenters. The lowest BCUT2D eigenvalue weighted by molar-refractivity contribution is -0.142. The first-order chi connectivity index (χ1) is 9.10. The molecule has 0 amide bonds. The lowest BCUT2D eigenvalue weighted by Gasteiger charge is -2.27. The molecule has 0 aliphatic heterocycles. The minimum absolute atomic E-state index is 0.206. The highest BCUT2D eigenvalue weighted by atomic mass is 16.4. The number of rotatable bonds is 3. The number of carboxylic acids is 1. The SMILES string of the molecule is Cc1ccc(C#N)c(NC2CCC(C(=O)O)CC2)n1. The third-order valence-electron chi connectivity index (χ3n) is 3.57. The third kappa shape index (κ3) is 3.22. The number of aryl methyl sites for hydroxylation is 1. The van der Waals surface area contributed by atoms with Crippen LogP contribution in [0.4, 0.5) is 5.82 Å². The molecule has 0 atom stereocenters.